The molecule has 106 valence electrons. The SMILES string of the molecule is CCC(=O)c1c(C)c(-c2ccc(C#N)cc2)nn1C1CC1. The van der Waals surface area contributed by atoms with E-state index < -0.39 is 0 Å². The first-order chi connectivity index (χ1) is 10.2. The molecule has 0 atom stereocenters. The Hall–Kier alpha value is -2.41. The number of nitriles is 1. The highest BCUT2D eigenvalue weighted by Crippen LogP contribution is 2.38. The zero-order valence-corrected chi connectivity index (χ0v) is 12.3. The standard InChI is InChI=1S/C17H17N3O/c1-3-15(21)17-11(2)16(19-20(17)14-8-9-14)13-6-4-12(10-18)5-7-13/h4-7,14H,3,8-9H2,1-2H3. The van der Waals surface area contributed by atoms with Gasteiger partial charge in [-0.2, -0.15) is 10.4 Å². The molecule has 4 nitrogen and oxygen atoms in total. The number of Topliss-reactive ketones (excluding diaryl/α,β-unsaturated/α-hetero) is 1. The highest BCUT2D eigenvalue weighted by atomic mass is 16.1. The van der Waals surface area contributed by atoms with Gasteiger partial charge in [-0.15, -0.1) is 0 Å². The Kier molecular flexibility index (Phi) is 3.34. The number of rotatable bonds is 4. The van der Waals surface area contributed by atoms with Crippen molar-refractivity contribution in [3.8, 4) is 17.3 Å². The van der Waals surface area contributed by atoms with Gasteiger partial charge in [-0.05, 0) is 31.9 Å². The van der Waals surface area contributed by atoms with Crippen LogP contribution in [0.25, 0.3) is 11.3 Å². The number of aromatic nitrogens is 2. The Labute approximate surface area is 124 Å². The molecule has 1 aliphatic rings. The van der Waals surface area contributed by atoms with Crippen molar-refractivity contribution in [1.82, 2.24) is 9.78 Å². The van der Waals surface area contributed by atoms with E-state index in [9.17, 15) is 4.79 Å². The third-order valence-corrected chi connectivity index (χ3v) is 3.91. The van der Waals surface area contributed by atoms with Gasteiger partial charge in [0.2, 0.25) is 0 Å². The lowest BCUT2D eigenvalue weighted by molar-refractivity contribution is 0.0977. The molecule has 1 heterocycles. The van der Waals surface area contributed by atoms with Crippen LogP contribution in [0.15, 0.2) is 24.3 Å². The first-order valence-corrected chi connectivity index (χ1v) is 7.28. The lowest BCUT2D eigenvalue weighted by Gasteiger charge is -2.03. The largest absolute Gasteiger partial charge is 0.292 e. The molecular formula is C17H17N3O. The first kappa shape index (κ1) is 13.6. The Bertz CT molecular complexity index is 731. The molecule has 2 aromatic rings. The molecule has 0 saturated heterocycles. The third-order valence-electron chi connectivity index (χ3n) is 3.91. The van der Waals surface area contributed by atoms with Crippen molar-refractivity contribution < 1.29 is 4.79 Å². The normalized spacial score (nSPS) is 14.0. The van der Waals surface area contributed by atoms with Gasteiger partial charge in [-0.25, -0.2) is 0 Å². The van der Waals surface area contributed by atoms with E-state index in [0.29, 0.717) is 18.0 Å². The fourth-order valence-electron chi connectivity index (χ4n) is 2.58. The summed E-state index contributed by atoms with van der Waals surface area (Å²) in [5, 5.41) is 13.6. The highest BCUT2D eigenvalue weighted by molar-refractivity contribution is 5.97. The van der Waals surface area contributed by atoms with E-state index in [4.69, 9.17) is 5.26 Å². The minimum Gasteiger partial charge on any atom is -0.292 e. The van der Waals surface area contributed by atoms with Gasteiger partial charge in [0.15, 0.2) is 5.78 Å². The summed E-state index contributed by atoms with van der Waals surface area (Å²) in [5.41, 5.74) is 4.12. The quantitative estimate of drug-likeness (QED) is 0.802. The van der Waals surface area contributed by atoms with E-state index in [-0.39, 0.29) is 5.78 Å². The third kappa shape index (κ3) is 2.36. The highest BCUT2D eigenvalue weighted by Gasteiger charge is 2.31. The fraction of sp³-hybridized carbons (Fsp3) is 0.353. The summed E-state index contributed by atoms with van der Waals surface area (Å²) in [6, 6.07) is 9.85. The monoisotopic (exact) mass is 279 g/mol. The van der Waals surface area contributed by atoms with E-state index in [1.54, 1.807) is 12.1 Å². The van der Waals surface area contributed by atoms with Gasteiger partial charge in [0.05, 0.1) is 23.4 Å². The van der Waals surface area contributed by atoms with E-state index in [1.165, 1.54) is 0 Å². The van der Waals surface area contributed by atoms with Crippen LogP contribution in [0, 0.1) is 18.3 Å². The molecule has 1 fully saturated rings. The molecule has 1 aliphatic carbocycles. The van der Waals surface area contributed by atoms with Crippen molar-refractivity contribution in [2.24, 2.45) is 0 Å². The molecule has 0 N–H and O–H groups in total. The lowest BCUT2D eigenvalue weighted by atomic mass is 10.0. The summed E-state index contributed by atoms with van der Waals surface area (Å²) >= 11 is 0. The van der Waals surface area contributed by atoms with Crippen LogP contribution in [0.1, 0.15) is 53.8 Å². The minimum atomic E-state index is 0.145. The summed E-state index contributed by atoms with van der Waals surface area (Å²) in [7, 11) is 0. The average Bonchev–Trinajstić information content (AvgIpc) is 3.30. The Morgan fingerprint density at radius 2 is 2.05 bits per heavy atom. The van der Waals surface area contributed by atoms with Gasteiger partial charge in [-0.1, -0.05) is 19.1 Å². The van der Waals surface area contributed by atoms with Crippen molar-refractivity contribution in [2.75, 3.05) is 0 Å². The van der Waals surface area contributed by atoms with Gasteiger partial charge < -0.3 is 0 Å². The molecule has 1 saturated carbocycles. The zero-order valence-electron chi connectivity index (χ0n) is 12.3. The summed E-state index contributed by atoms with van der Waals surface area (Å²) in [4.78, 5) is 12.2. The Balaban J connectivity index is 2.10. The van der Waals surface area contributed by atoms with Crippen LogP contribution in [0.3, 0.4) is 0 Å². The summed E-state index contributed by atoms with van der Waals surface area (Å²) < 4.78 is 1.91. The predicted molar refractivity (Wildman–Crippen MR) is 80.0 cm³/mol. The number of hydrogen-bond donors (Lipinski definition) is 0. The van der Waals surface area contributed by atoms with Crippen LogP contribution in [0.2, 0.25) is 0 Å². The maximum absolute atomic E-state index is 12.2. The summed E-state index contributed by atoms with van der Waals surface area (Å²) in [6.07, 6.45) is 2.68. The molecule has 0 aliphatic heterocycles. The molecular weight excluding hydrogens is 262 g/mol. The second kappa shape index (κ2) is 5.17. The van der Waals surface area contributed by atoms with Gasteiger partial charge in [0, 0.05) is 17.5 Å². The second-order valence-electron chi connectivity index (χ2n) is 5.46. The van der Waals surface area contributed by atoms with Gasteiger partial charge in [-0.3, -0.25) is 9.48 Å². The maximum Gasteiger partial charge on any atom is 0.180 e. The van der Waals surface area contributed by atoms with Crippen molar-refractivity contribution in [3.63, 3.8) is 0 Å². The molecule has 1 aromatic heterocycles. The molecule has 3 rings (SSSR count). The van der Waals surface area contributed by atoms with Crippen molar-refractivity contribution in [3.05, 3.63) is 41.1 Å². The van der Waals surface area contributed by atoms with Crippen LogP contribution >= 0.6 is 0 Å². The molecule has 0 unspecified atom stereocenters. The first-order valence-electron chi connectivity index (χ1n) is 7.28. The number of hydrogen-bond acceptors (Lipinski definition) is 3. The molecule has 4 heteroatoms. The molecule has 0 radical (unpaired) electrons. The van der Waals surface area contributed by atoms with E-state index in [2.05, 4.69) is 11.2 Å². The van der Waals surface area contributed by atoms with E-state index in [0.717, 1.165) is 35.4 Å². The van der Waals surface area contributed by atoms with Crippen molar-refractivity contribution in [2.45, 2.75) is 39.2 Å². The minimum absolute atomic E-state index is 0.145. The number of nitrogens with zero attached hydrogens (tertiary/aromatic N) is 3. The maximum atomic E-state index is 12.2. The molecule has 1 aromatic carbocycles. The number of carbonyl (C=O) groups is 1. The zero-order chi connectivity index (χ0) is 15.0. The van der Waals surface area contributed by atoms with Crippen LogP contribution in [0.5, 0.6) is 0 Å². The smallest absolute Gasteiger partial charge is 0.180 e. The van der Waals surface area contributed by atoms with Crippen molar-refractivity contribution >= 4 is 5.78 Å². The number of benzene rings is 1. The molecule has 0 bridgehead atoms. The average molecular weight is 279 g/mol. The Morgan fingerprint density at radius 1 is 1.38 bits per heavy atom. The van der Waals surface area contributed by atoms with Crippen LogP contribution in [-0.4, -0.2) is 15.6 Å². The van der Waals surface area contributed by atoms with Crippen LogP contribution in [-0.2, 0) is 0 Å². The summed E-state index contributed by atoms with van der Waals surface area (Å²) in [5.74, 6) is 0.145. The van der Waals surface area contributed by atoms with Crippen LogP contribution < -0.4 is 0 Å². The van der Waals surface area contributed by atoms with Crippen LogP contribution in [0.4, 0.5) is 0 Å². The fourth-order valence-corrected chi connectivity index (χ4v) is 2.58. The summed E-state index contributed by atoms with van der Waals surface area (Å²) in [6.45, 7) is 3.84. The van der Waals surface area contributed by atoms with Crippen molar-refractivity contribution in [1.29, 1.82) is 5.26 Å². The number of carbonyl (C=O) groups excluding carboxylic acids is 1. The molecule has 0 spiro atoms. The number of ketones is 1. The topological polar surface area (TPSA) is 58.7 Å². The van der Waals surface area contributed by atoms with Gasteiger partial charge in [0.1, 0.15) is 5.69 Å². The van der Waals surface area contributed by atoms with Gasteiger partial charge in [0.25, 0.3) is 0 Å². The lowest BCUT2D eigenvalue weighted by Crippen LogP contribution is -2.09. The van der Waals surface area contributed by atoms with E-state index in [1.807, 2.05) is 30.7 Å². The molecule has 0 amide bonds. The predicted octanol–water partition coefficient (Wildman–Crippen LogP) is 3.66. The van der Waals surface area contributed by atoms with Gasteiger partial charge >= 0.3 is 0 Å². The Morgan fingerprint density at radius 3 is 2.57 bits per heavy atom. The molecule has 21 heavy (non-hydrogen) atoms. The van der Waals surface area contributed by atoms with E-state index >= 15 is 0 Å². The second-order valence-corrected chi connectivity index (χ2v) is 5.46.